The second-order valence-corrected chi connectivity index (χ2v) is 10.7. The predicted octanol–water partition coefficient (Wildman–Crippen LogP) is 3.75. The molecule has 3 aromatic rings. The molecule has 0 saturated heterocycles. The van der Waals surface area contributed by atoms with Crippen LogP contribution in [0.5, 0.6) is 0 Å². The van der Waals surface area contributed by atoms with Crippen LogP contribution in [0.25, 0.3) is 11.3 Å². The van der Waals surface area contributed by atoms with Crippen LogP contribution >= 0.6 is 0 Å². The van der Waals surface area contributed by atoms with E-state index in [1.807, 2.05) is 55.7 Å². The lowest BCUT2D eigenvalue weighted by molar-refractivity contribution is -0.133. The van der Waals surface area contributed by atoms with Crippen molar-refractivity contribution in [2.24, 2.45) is 11.1 Å². The summed E-state index contributed by atoms with van der Waals surface area (Å²) in [7, 11) is -2.94. The Hall–Kier alpha value is -3.11. The van der Waals surface area contributed by atoms with Gasteiger partial charge in [0, 0.05) is 24.8 Å². The van der Waals surface area contributed by atoms with Crippen LogP contribution in [0.1, 0.15) is 44.6 Å². The standard InChI is InChI=1S/C26H32F2N4O3S/c1-26(2,3)24(32(13-7-12-29)23(33)17-36(34)35)25-30-22(20-14-19(27)10-11-21(20)28)16-31(25)15-18-8-5-4-6-9-18/h4-6,8-11,14,16,24,36H,7,12-13,15,17,29H2,1-3H3/t24-/m0/s1. The number of rotatable bonds is 10. The number of carbonyl (C=O) groups excluding carboxylic acids is 1. The lowest BCUT2D eigenvalue weighted by Crippen LogP contribution is -2.44. The predicted molar refractivity (Wildman–Crippen MR) is 136 cm³/mol. The Bertz CT molecular complexity index is 1260. The molecule has 2 N–H and O–H groups in total. The first-order valence-corrected chi connectivity index (χ1v) is 13.0. The number of hydrogen-bond acceptors (Lipinski definition) is 5. The van der Waals surface area contributed by atoms with Gasteiger partial charge in [-0.2, -0.15) is 0 Å². The molecule has 0 aliphatic carbocycles. The molecule has 0 unspecified atom stereocenters. The van der Waals surface area contributed by atoms with Gasteiger partial charge in [-0.3, -0.25) is 4.79 Å². The van der Waals surface area contributed by atoms with E-state index in [4.69, 9.17) is 10.7 Å². The molecule has 3 rings (SSSR count). The van der Waals surface area contributed by atoms with Crippen molar-refractivity contribution in [3.63, 3.8) is 0 Å². The van der Waals surface area contributed by atoms with Crippen molar-refractivity contribution >= 4 is 16.6 Å². The van der Waals surface area contributed by atoms with Gasteiger partial charge < -0.3 is 15.2 Å². The molecule has 0 aliphatic heterocycles. The van der Waals surface area contributed by atoms with Gasteiger partial charge in [0.25, 0.3) is 0 Å². The van der Waals surface area contributed by atoms with Gasteiger partial charge >= 0.3 is 0 Å². The van der Waals surface area contributed by atoms with Gasteiger partial charge in [0.15, 0.2) is 0 Å². The van der Waals surface area contributed by atoms with Gasteiger partial charge in [0.05, 0.1) is 11.7 Å². The molecule has 1 aromatic heterocycles. The van der Waals surface area contributed by atoms with Crippen molar-refractivity contribution in [1.29, 1.82) is 0 Å². The molecular weight excluding hydrogens is 486 g/mol. The highest BCUT2D eigenvalue weighted by Crippen LogP contribution is 2.39. The van der Waals surface area contributed by atoms with E-state index in [-0.39, 0.29) is 17.8 Å². The monoisotopic (exact) mass is 518 g/mol. The summed E-state index contributed by atoms with van der Waals surface area (Å²) in [6.45, 7) is 6.65. The fourth-order valence-electron chi connectivity index (χ4n) is 4.23. The maximum absolute atomic E-state index is 14.7. The van der Waals surface area contributed by atoms with E-state index >= 15 is 0 Å². The number of carbonyl (C=O) groups is 1. The molecule has 0 bridgehead atoms. The molecule has 7 nitrogen and oxygen atoms in total. The van der Waals surface area contributed by atoms with Crippen LogP contribution in [-0.2, 0) is 22.0 Å². The Kier molecular flexibility index (Phi) is 8.97. The molecule has 1 heterocycles. The van der Waals surface area contributed by atoms with Crippen LogP contribution in [0.4, 0.5) is 8.78 Å². The molecule has 10 heteroatoms. The topological polar surface area (TPSA) is 98.3 Å². The second-order valence-electron chi connectivity index (χ2n) is 9.71. The van der Waals surface area contributed by atoms with E-state index in [2.05, 4.69) is 0 Å². The molecule has 0 aliphatic rings. The maximum Gasteiger partial charge on any atom is 0.238 e. The maximum atomic E-state index is 14.7. The van der Waals surface area contributed by atoms with E-state index in [0.717, 1.165) is 23.8 Å². The number of imidazole rings is 1. The molecule has 2 aromatic carbocycles. The Morgan fingerprint density at radius 1 is 1.14 bits per heavy atom. The van der Waals surface area contributed by atoms with E-state index < -0.39 is 45.5 Å². The highest BCUT2D eigenvalue weighted by atomic mass is 32.2. The van der Waals surface area contributed by atoms with Gasteiger partial charge in [0.2, 0.25) is 5.91 Å². The SMILES string of the molecule is CC(C)(C)[C@H](c1nc(-c2cc(F)ccc2F)cn1Cc1ccccc1)N(CCCN)C(=O)C[SH](=O)=O. The first kappa shape index (κ1) is 27.5. The molecule has 36 heavy (non-hydrogen) atoms. The summed E-state index contributed by atoms with van der Waals surface area (Å²) in [6, 6.07) is 12.0. The summed E-state index contributed by atoms with van der Waals surface area (Å²) in [6.07, 6.45) is 2.09. The molecule has 1 amide bonds. The summed E-state index contributed by atoms with van der Waals surface area (Å²) in [4.78, 5) is 19.3. The van der Waals surface area contributed by atoms with Crippen molar-refractivity contribution < 1.29 is 22.0 Å². The average Bonchev–Trinajstić information content (AvgIpc) is 3.20. The number of benzene rings is 2. The van der Waals surface area contributed by atoms with Crippen molar-refractivity contribution in [2.45, 2.75) is 39.8 Å². The molecule has 0 saturated carbocycles. The van der Waals surface area contributed by atoms with E-state index in [9.17, 15) is 22.0 Å². The largest absolute Gasteiger partial charge is 0.331 e. The lowest BCUT2D eigenvalue weighted by atomic mass is 9.84. The number of halogens is 2. The van der Waals surface area contributed by atoms with Crippen LogP contribution < -0.4 is 5.73 Å². The molecule has 0 radical (unpaired) electrons. The van der Waals surface area contributed by atoms with Crippen LogP contribution in [-0.4, -0.2) is 47.6 Å². The van der Waals surface area contributed by atoms with Crippen molar-refractivity contribution in [3.8, 4) is 11.3 Å². The van der Waals surface area contributed by atoms with E-state index in [1.54, 1.807) is 6.20 Å². The third-order valence-electron chi connectivity index (χ3n) is 5.77. The van der Waals surface area contributed by atoms with Crippen molar-refractivity contribution in [3.05, 3.63) is 77.8 Å². The number of nitrogens with zero attached hydrogens (tertiary/aromatic N) is 3. The Labute approximate surface area is 211 Å². The van der Waals surface area contributed by atoms with Crippen LogP contribution in [0, 0.1) is 17.0 Å². The fourth-order valence-corrected chi connectivity index (χ4v) is 4.64. The zero-order chi connectivity index (χ0) is 26.5. The van der Waals surface area contributed by atoms with Crippen molar-refractivity contribution in [2.75, 3.05) is 18.8 Å². The minimum Gasteiger partial charge on any atom is -0.331 e. The van der Waals surface area contributed by atoms with Crippen LogP contribution in [0.2, 0.25) is 0 Å². The minimum absolute atomic E-state index is 0.00167. The smallest absolute Gasteiger partial charge is 0.238 e. The van der Waals surface area contributed by atoms with Gasteiger partial charge in [-0.1, -0.05) is 51.1 Å². The first-order chi connectivity index (χ1) is 17.0. The molecular formula is C26H32F2N4O3S. The zero-order valence-electron chi connectivity index (χ0n) is 20.7. The lowest BCUT2D eigenvalue weighted by Gasteiger charge is -2.40. The Balaban J connectivity index is 2.22. The third-order valence-corrected chi connectivity index (χ3v) is 6.30. The summed E-state index contributed by atoms with van der Waals surface area (Å²) in [5.41, 5.74) is 6.28. The van der Waals surface area contributed by atoms with E-state index in [1.165, 1.54) is 4.90 Å². The fraction of sp³-hybridized carbons (Fsp3) is 0.385. The summed E-state index contributed by atoms with van der Waals surface area (Å²) in [5, 5.41) is 0. The van der Waals surface area contributed by atoms with Crippen LogP contribution in [0.3, 0.4) is 0 Å². The number of thiol groups is 1. The molecule has 1 atom stereocenters. The van der Waals surface area contributed by atoms with E-state index in [0.29, 0.717) is 25.3 Å². The Morgan fingerprint density at radius 2 is 1.83 bits per heavy atom. The van der Waals surface area contributed by atoms with Crippen LogP contribution in [0.15, 0.2) is 54.7 Å². The van der Waals surface area contributed by atoms with Gasteiger partial charge in [0.1, 0.15) is 33.9 Å². The third kappa shape index (κ3) is 6.76. The highest BCUT2D eigenvalue weighted by Gasteiger charge is 2.38. The minimum atomic E-state index is -2.94. The second kappa shape index (κ2) is 11.7. The van der Waals surface area contributed by atoms with Gasteiger partial charge in [-0.15, -0.1) is 0 Å². The quantitative estimate of drug-likeness (QED) is 0.399. The normalized spacial score (nSPS) is 12.6. The summed E-state index contributed by atoms with van der Waals surface area (Å²) < 4.78 is 53.4. The summed E-state index contributed by atoms with van der Waals surface area (Å²) in [5.74, 6) is -1.99. The summed E-state index contributed by atoms with van der Waals surface area (Å²) >= 11 is 0. The number of aromatic nitrogens is 2. The average molecular weight is 519 g/mol. The van der Waals surface area contributed by atoms with Crippen molar-refractivity contribution in [1.82, 2.24) is 14.5 Å². The van der Waals surface area contributed by atoms with Gasteiger partial charge in [-0.05, 0) is 42.1 Å². The number of hydrogen-bond donors (Lipinski definition) is 2. The molecule has 0 spiro atoms. The number of amides is 1. The molecule has 0 fully saturated rings. The first-order valence-electron chi connectivity index (χ1n) is 11.7. The highest BCUT2D eigenvalue weighted by molar-refractivity contribution is 7.73. The van der Waals surface area contributed by atoms with Gasteiger partial charge in [-0.25, -0.2) is 22.2 Å². The molecule has 194 valence electrons. The number of nitrogens with two attached hydrogens (primary N) is 1. The Morgan fingerprint density at radius 3 is 2.44 bits per heavy atom. The zero-order valence-corrected chi connectivity index (χ0v) is 21.6.